The highest BCUT2D eigenvalue weighted by Crippen LogP contribution is 2.11. The van der Waals surface area contributed by atoms with Gasteiger partial charge >= 0.3 is 0 Å². The van der Waals surface area contributed by atoms with Crippen LogP contribution in [0.2, 0.25) is 0 Å². The lowest BCUT2D eigenvalue weighted by atomic mass is 10.2. The van der Waals surface area contributed by atoms with Crippen LogP contribution >= 0.6 is 0 Å². The molecule has 0 radical (unpaired) electrons. The van der Waals surface area contributed by atoms with E-state index in [1.54, 1.807) is 7.11 Å². The van der Waals surface area contributed by atoms with Gasteiger partial charge in [0.15, 0.2) is 0 Å². The predicted molar refractivity (Wildman–Crippen MR) is 55.7 cm³/mol. The second kappa shape index (κ2) is 6.40. The van der Waals surface area contributed by atoms with Gasteiger partial charge in [0, 0.05) is 26.7 Å². The van der Waals surface area contributed by atoms with Crippen LogP contribution in [0.3, 0.4) is 0 Å². The summed E-state index contributed by atoms with van der Waals surface area (Å²) in [5.74, 6) is 0. The molecule has 1 heterocycles. The van der Waals surface area contributed by atoms with Crippen LogP contribution in [0.4, 0.5) is 0 Å². The minimum Gasteiger partial charge on any atom is -0.394 e. The summed E-state index contributed by atoms with van der Waals surface area (Å²) in [4.78, 5) is 2.10. The van der Waals surface area contributed by atoms with Gasteiger partial charge in [-0.15, -0.1) is 0 Å². The lowest BCUT2D eigenvalue weighted by molar-refractivity contribution is -0.104. The van der Waals surface area contributed by atoms with Crippen molar-refractivity contribution in [2.75, 3.05) is 40.0 Å². The van der Waals surface area contributed by atoms with Gasteiger partial charge in [-0.1, -0.05) is 0 Å². The van der Waals surface area contributed by atoms with Crippen molar-refractivity contribution in [3.63, 3.8) is 0 Å². The van der Waals surface area contributed by atoms with E-state index in [1.807, 2.05) is 6.92 Å². The zero-order chi connectivity index (χ0) is 11.3. The molecule has 3 unspecified atom stereocenters. The SMILES string of the molecule is COCC(O)CN1CC(C)OC(CO)C1. The van der Waals surface area contributed by atoms with Crippen LogP contribution in [-0.4, -0.2) is 73.4 Å². The predicted octanol–water partition coefficient (Wildman–Crippen LogP) is -0.925. The summed E-state index contributed by atoms with van der Waals surface area (Å²) in [6.45, 7) is 4.37. The molecule has 0 amide bonds. The molecular weight excluding hydrogens is 198 g/mol. The molecule has 0 aliphatic carbocycles. The summed E-state index contributed by atoms with van der Waals surface area (Å²) in [6.07, 6.45) is -0.506. The number of β-amino-alcohol motifs (C(OH)–C–C–N with tert-alkyl or cyclic N) is 1. The number of nitrogens with zero attached hydrogens (tertiary/aromatic N) is 1. The van der Waals surface area contributed by atoms with Crippen LogP contribution in [0.1, 0.15) is 6.92 Å². The Morgan fingerprint density at radius 2 is 2.27 bits per heavy atom. The molecule has 5 nitrogen and oxygen atoms in total. The van der Waals surface area contributed by atoms with Crippen molar-refractivity contribution in [3.05, 3.63) is 0 Å². The van der Waals surface area contributed by atoms with E-state index in [-0.39, 0.29) is 18.8 Å². The maximum absolute atomic E-state index is 9.58. The van der Waals surface area contributed by atoms with Gasteiger partial charge in [-0.25, -0.2) is 0 Å². The van der Waals surface area contributed by atoms with Crippen molar-refractivity contribution in [3.8, 4) is 0 Å². The molecule has 1 fully saturated rings. The Kier molecular flexibility index (Phi) is 5.49. The molecule has 0 aromatic heterocycles. The molecule has 1 aliphatic rings. The van der Waals surface area contributed by atoms with Gasteiger partial charge in [0.1, 0.15) is 0 Å². The van der Waals surface area contributed by atoms with E-state index < -0.39 is 6.10 Å². The molecule has 1 aliphatic heterocycles. The summed E-state index contributed by atoms with van der Waals surface area (Å²) < 4.78 is 10.4. The molecule has 90 valence electrons. The van der Waals surface area contributed by atoms with E-state index in [2.05, 4.69) is 4.90 Å². The van der Waals surface area contributed by atoms with E-state index in [0.29, 0.717) is 19.7 Å². The molecule has 15 heavy (non-hydrogen) atoms. The normalized spacial score (nSPS) is 30.4. The Labute approximate surface area is 90.6 Å². The molecule has 0 spiro atoms. The molecular formula is C10H21NO4. The van der Waals surface area contributed by atoms with Crippen LogP contribution in [0.25, 0.3) is 0 Å². The van der Waals surface area contributed by atoms with Gasteiger partial charge in [-0.05, 0) is 6.92 Å². The summed E-state index contributed by atoms with van der Waals surface area (Å²) in [5.41, 5.74) is 0. The van der Waals surface area contributed by atoms with Crippen molar-refractivity contribution in [1.82, 2.24) is 4.90 Å². The molecule has 5 heteroatoms. The highest BCUT2D eigenvalue weighted by molar-refractivity contribution is 4.77. The fraction of sp³-hybridized carbons (Fsp3) is 1.00. The number of rotatable bonds is 5. The Morgan fingerprint density at radius 1 is 1.53 bits per heavy atom. The Hall–Kier alpha value is -0.200. The van der Waals surface area contributed by atoms with Crippen molar-refractivity contribution >= 4 is 0 Å². The molecule has 2 N–H and O–H groups in total. The number of aliphatic hydroxyl groups is 2. The first-order valence-electron chi connectivity index (χ1n) is 5.31. The fourth-order valence-corrected chi connectivity index (χ4v) is 1.93. The van der Waals surface area contributed by atoms with Crippen molar-refractivity contribution in [2.24, 2.45) is 0 Å². The minimum absolute atomic E-state index is 0.0290. The Bertz CT molecular complexity index is 179. The quantitative estimate of drug-likeness (QED) is 0.626. The standard InChI is InChI=1S/C10H21NO4/c1-8-3-11(4-9(13)7-14-2)5-10(6-12)15-8/h8-10,12-13H,3-7H2,1-2H3. The highest BCUT2D eigenvalue weighted by Gasteiger charge is 2.25. The first kappa shape index (κ1) is 12.9. The van der Waals surface area contributed by atoms with Crippen molar-refractivity contribution in [2.45, 2.75) is 25.2 Å². The third-order valence-corrected chi connectivity index (χ3v) is 2.43. The number of aliphatic hydroxyl groups excluding tert-OH is 2. The largest absolute Gasteiger partial charge is 0.394 e. The van der Waals surface area contributed by atoms with E-state index in [9.17, 15) is 5.11 Å². The number of hydrogen-bond acceptors (Lipinski definition) is 5. The van der Waals surface area contributed by atoms with Gasteiger partial charge in [0.2, 0.25) is 0 Å². The summed E-state index contributed by atoms with van der Waals surface area (Å²) in [7, 11) is 1.57. The molecule has 1 rings (SSSR count). The molecule has 3 atom stereocenters. The second-order valence-corrected chi connectivity index (χ2v) is 4.08. The van der Waals surface area contributed by atoms with Crippen LogP contribution in [0.15, 0.2) is 0 Å². The van der Waals surface area contributed by atoms with Crippen LogP contribution in [-0.2, 0) is 9.47 Å². The molecule has 0 aromatic carbocycles. The van der Waals surface area contributed by atoms with Gasteiger partial charge < -0.3 is 19.7 Å². The van der Waals surface area contributed by atoms with Gasteiger partial charge in [-0.3, -0.25) is 4.90 Å². The van der Waals surface area contributed by atoms with E-state index in [4.69, 9.17) is 14.6 Å². The molecule has 0 saturated carbocycles. The maximum Gasteiger partial charge on any atom is 0.0936 e. The van der Waals surface area contributed by atoms with Crippen LogP contribution < -0.4 is 0 Å². The summed E-state index contributed by atoms with van der Waals surface area (Å²) in [6, 6.07) is 0. The second-order valence-electron chi connectivity index (χ2n) is 4.08. The topological polar surface area (TPSA) is 62.2 Å². The monoisotopic (exact) mass is 219 g/mol. The fourth-order valence-electron chi connectivity index (χ4n) is 1.93. The maximum atomic E-state index is 9.58. The molecule has 0 aromatic rings. The van der Waals surface area contributed by atoms with Gasteiger partial charge in [-0.2, -0.15) is 0 Å². The first-order chi connectivity index (χ1) is 7.15. The van der Waals surface area contributed by atoms with Crippen molar-refractivity contribution < 1.29 is 19.7 Å². The minimum atomic E-state index is -0.473. The third kappa shape index (κ3) is 4.44. The number of methoxy groups -OCH3 is 1. The van der Waals surface area contributed by atoms with Gasteiger partial charge in [0.05, 0.1) is 31.5 Å². The van der Waals surface area contributed by atoms with Crippen molar-refractivity contribution in [1.29, 1.82) is 0 Å². The lowest BCUT2D eigenvalue weighted by Gasteiger charge is -2.36. The lowest BCUT2D eigenvalue weighted by Crippen LogP contribution is -2.50. The Morgan fingerprint density at radius 3 is 2.87 bits per heavy atom. The number of ether oxygens (including phenoxy) is 2. The van der Waals surface area contributed by atoms with Gasteiger partial charge in [0.25, 0.3) is 0 Å². The smallest absolute Gasteiger partial charge is 0.0936 e. The number of hydrogen-bond donors (Lipinski definition) is 2. The van der Waals surface area contributed by atoms with E-state index >= 15 is 0 Å². The molecule has 0 bridgehead atoms. The zero-order valence-electron chi connectivity index (χ0n) is 9.43. The molecule has 1 saturated heterocycles. The van der Waals surface area contributed by atoms with E-state index in [1.165, 1.54) is 0 Å². The van der Waals surface area contributed by atoms with E-state index in [0.717, 1.165) is 6.54 Å². The summed E-state index contributed by atoms with van der Waals surface area (Å²) >= 11 is 0. The zero-order valence-corrected chi connectivity index (χ0v) is 9.43. The Balaban J connectivity index is 2.33. The van der Waals surface area contributed by atoms with Crippen LogP contribution in [0, 0.1) is 0 Å². The average molecular weight is 219 g/mol. The third-order valence-electron chi connectivity index (χ3n) is 2.43. The number of morpholine rings is 1. The first-order valence-corrected chi connectivity index (χ1v) is 5.31. The average Bonchev–Trinajstić information content (AvgIpc) is 2.17. The summed E-state index contributed by atoms with van der Waals surface area (Å²) in [5, 5.41) is 18.6. The van der Waals surface area contributed by atoms with Crippen LogP contribution in [0.5, 0.6) is 0 Å². The highest BCUT2D eigenvalue weighted by atomic mass is 16.5.